The molecule has 10 aromatic carbocycles. The molecule has 2 aromatic heterocycles. The van der Waals surface area contributed by atoms with Gasteiger partial charge in [-0.1, -0.05) is 156 Å². The highest BCUT2D eigenvalue weighted by Crippen LogP contribution is 2.40. The minimum Gasteiger partial charge on any atom is -0.309 e. The van der Waals surface area contributed by atoms with Crippen LogP contribution in [-0.2, 0) is 0 Å². The van der Waals surface area contributed by atoms with Crippen molar-refractivity contribution in [3.05, 3.63) is 241 Å². The van der Waals surface area contributed by atoms with Gasteiger partial charge in [0.15, 0.2) is 0 Å². The molecule has 2 heteroatoms. The first-order valence-electron chi connectivity index (χ1n) is 23.0. The molecule has 12 aromatic rings. The topological polar surface area (TPSA) is 9.86 Å². The minimum atomic E-state index is 1.14. The van der Waals surface area contributed by atoms with Crippen molar-refractivity contribution in [2.45, 2.75) is 27.7 Å². The number of fused-ring (bicyclic) bond motifs is 6. The summed E-state index contributed by atoms with van der Waals surface area (Å²) in [5.41, 5.74) is 24.3. The maximum atomic E-state index is 2.43. The Labute approximate surface area is 386 Å². The number of aryl methyl sites for hydroxylation is 4. The highest BCUT2D eigenvalue weighted by atomic mass is 15.0. The fourth-order valence-corrected chi connectivity index (χ4v) is 10.3. The van der Waals surface area contributed by atoms with Gasteiger partial charge in [-0.25, -0.2) is 0 Å². The van der Waals surface area contributed by atoms with Crippen LogP contribution >= 0.6 is 0 Å². The van der Waals surface area contributed by atoms with Gasteiger partial charge < -0.3 is 9.13 Å². The van der Waals surface area contributed by atoms with Gasteiger partial charge in [-0.15, -0.1) is 0 Å². The number of aromatic nitrogens is 2. The standard InChI is InChI=1S/C64H48N2/c1-41-11-8-14-46(31-41)49-21-27-61-59(39-49)60-40-52(24-30-62(60)65(61)55-17-6-5-7-18-55)54-35-44(4)34-53(36-54)45-19-25-56(26-20-45)66-63-28-22-50(47-15-9-12-42(2)32-47)37-57(63)58-38-51(23-29-64(58)66)48-16-10-13-43(3)33-48/h5-40H,1-4H3. The molecule has 0 aliphatic rings. The summed E-state index contributed by atoms with van der Waals surface area (Å²) in [6, 6.07) is 81.1. The second-order valence-electron chi connectivity index (χ2n) is 18.2. The van der Waals surface area contributed by atoms with E-state index in [2.05, 4.69) is 255 Å². The number of hydrogen-bond donors (Lipinski definition) is 0. The number of rotatable bonds is 7. The molecule has 314 valence electrons. The Kier molecular flexibility index (Phi) is 9.43. The van der Waals surface area contributed by atoms with Crippen LogP contribution in [0.15, 0.2) is 218 Å². The van der Waals surface area contributed by atoms with Crippen LogP contribution in [0.25, 0.3) is 111 Å². The van der Waals surface area contributed by atoms with E-state index < -0.39 is 0 Å². The van der Waals surface area contributed by atoms with Crippen molar-refractivity contribution in [3.63, 3.8) is 0 Å². The molecule has 0 aliphatic heterocycles. The predicted molar refractivity (Wildman–Crippen MR) is 281 cm³/mol. The third-order valence-corrected chi connectivity index (χ3v) is 13.5. The molecular weight excluding hydrogens is 797 g/mol. The number of nitrogens with zero attached hydrogens (tertiary/aromatic N) is 2. The zero-order valence-corrected chi connectivity index (χ0v) is 37.7. The van der Waals surface area contributed by atoms with Gasteiger partial charge >= 0.3 is 0 Å². The summed E-state index contributed by atoms with van der Waals surface area (Å²) in [5.74, 6) is 0. The van der Waals surface area contributed by atoms with Crippen LogP contribution < -0.4 is 0 Å². The predicted octanol–water partition coefficient (Wildman–Crippen LogP) is 17.4. The molecule has 0 unspecified atom stereocenters. The molecule has 0 atom stereocenters. The fraction of sp³-hybridized carbons (Fsp3) is 0.0625. The average Bonchev–Trinajstić information content (AvgIpc) is 3.85. The minimum absolute atomic E-state index is 1.14. The zero-order valence-electron chi connectivity index (χ0n) is 37.7. The Balaban J connectivity index is 0.952. The summed E-state index contributed by atoms with van der Waals surface area (Å²) in [4.78, 5) is 0. The third kappa shape index (κ3) is 6.90. The van der Waals surface area contributed by atoms with E-state index in [4.69, 9.17) is 0 Å². The summed E-state index contributed by atoms with van der Waals surface area (Å²) in [5, 5.41) is 5.00. The Hall–Kier alpha value is -8.20. The number of hydrogen-bond acceptors (Lipinski definition) is 0. The molecule has 0 saturated heterocycles. The summed E-state index contributed by atoms with van der Waals surface area (Å²) < 4.78 is 4.84. The first kappa shape index (κ1) is 39.4. The van der Waals surface area contributed by atoms with Crippen molar-refractivity contribution < 1.29 is 0 Å². The van der Waals surface area contributed by atoms with E-state index in [0.717, 1.165) is 11.4 Å². The molecule has 0 N–H and O–H groups in total. The van der Waals surface area contributed by atoms with Crippen LogP contribution in [0.2, 0.25) is 0 Å². The van der Waals surface area contributed by atoms with E-state index >= 15 is 0 Å². The van der Waals surface area contributed by atoms with Crippen LogP contribution in [0.1, 0.15) is 22.3 Å². The summed E-state index contributed by atoms with van der Waals surface area (Å²) >= 11 is 0. The van der Waals surface area contributed by atoms with Gasteiger partial charge in [-0.05, 0) is 168 Å². The highest BCUT2D eigenvalue weighted by molar-refractivity contribution is 6.13. The Morgan fingerprint density at radius 1 is 0.212 bits per heavy atom. The summed E-state index contributed by atoms with van der Waals surface area (Å²) in [6.45, 7) is 8.70. The number of benzene rings is 10. The van der Waals surface area contributed by atoms with Crippen LogP contribution in [0.5, 0.6) is 0 Å². The maximum absolute atomic E-state index is 2.43. The second-order valence-corrected chi connectivity index (χ2v) is 18.2. The molecule has 0 fully saturated rings. The van der Waals surface area contributed by atoms with Crippen molar-refractivity contribution in [1.29, 1.82) is 0 Å². The molecule has 2 heterocycles. The van der Waals surface area contributed by atoms with Crippen molar-refractivity contribution in [2.75, 3.05) is 0 Å². The zero-order chi connectivity index (χ0) is 44.5. The second kappa shape index (κ2) is 15.8. The van der Waals surface area contributed by atoms with Crippen molar-refractivity contribution >= 4 is 43.6 Å². The lowest BCUT2D eigenvalue weighted by atomic mass is 9.95. The van der Waals surface area contributed by atoms with Crippen molar-refractivity contribution in [1.82, 2.24) is 9.13 Å². The van der Waals surface area contributed by atoms with Crippen LogP contribution in [0, 0.1) is 27.7 Å². The normalized spacial score (nSPS) is 11.6. The van der Waals surface area contributed by atoms with Gasteiger partial charge in [0, 0.05) is 32.9 Å². The average molecular weight is 845 g/mol. The van der Waals surface area contributed by atoms with E-state index in [9.17, 15) is 0 Å². The lowest BCUT2D eigenvalue weighted by Crippen LogP contribution is -1.94. The monoisotopic (exact) mass is 844 g/mol. The molecule has 0 amide bonds. The quantitative estimate of drug-likeness (QED) is 0.151. The maximum Gasteiger partial charge on any atom is 0.0541 e. The van der Waals surface area contributed by atoms with Gasteiger partial charge in [-0.3, -0.25) is 0 Å². The van der Waals surface area contributed by atoms with E-state index in [1.165, 1.54) is 122 Å². The van der Waals surface area contributed by atoms with Gasteiger partial charge in [0.1, 0.15) is 0 Å². The molecule has 0 spiro atoms. The molecule has 66 heavy (non-hydrogen) atoms. The molecular formula is C64H48N2. The van der Waals surface area contributed by atoms with E-state index in [-0.39, 0.29) is 0 Å². The van der Waals surface area contributed by atoms with Crippen molar-refractivity contribution in [3.8, 4) is 67.0 Å². The molecule has 0 radical (unpaired) electrons. The summed E-state index contributed by atoms with van der Waals surface area (Å²) in [6.07, 6.45) is 0. The van der Waals surface area contributed by atoms with Gasteiger partial charge in [0.25, 0.3) is 0 Å². The fourth-order valence-electron chi connectivity index (χ4n) is 10.3. The van der Waals surface area contributed by atoms with Gasteiger partial charge in [-0.2, -0.15) is 0 Å². The largest absolute Gasteiger partial charge is 0.309 e. The van der Waals surface area contributed by atoms with E-state index in [1.807, 2.05) is 0 Å². The Morgan fingerprint density at radius 3 is 0.924 bits per heavy atom. The molecule has 2 nitrogen and oxygen atoms in total. The van der Waals surface area contributed by atoms with Gasteiger partial charge in [0.2, 0.25) is 0 Å². The molecule has 0 bridgehead atoms. The van der Waals surface area contributed by atoms with Crippen LogP contribution in [0.3, 0.4) is 0 Å². The smallest absolute Gasteiger partial charge is 0.0541 e. The van der Waals surface area contributed by atoms with Gasteiger partial charge in [0.05, 0.1) is 22.1 Å². The van der Waals surface area contributed by atoms with Crippen LogP contribution in [-0.4, -0.2) is 9.13 Å². The van der Waals surface area contributed by atoms with Crippen molar-refractivity contribution in [2.24, 2.45) is 0 Å². The first-order chi connectivity index (χ1) is 32.3. The highest BCUT2D eigenvalue weighted by Gasteiger charge is 2.18. The Bertz CT molecular complexity index is 3740. The van der Waals surface area contributed by atoms with E-state index in [0.29, 0.717) is 0 Å². The van der Waals surface area contributed by atoms with Crippen LogP contribution in [0.4, 0.5) is 0 Å². The molecule has 0 aliphatic carbocycles. The Morgan fingerprint density at radius 2 is 0.530 bits per heavy atom. The lowest BCUT2D eigenvalue weighted by molar-refractivity contribution is 1.18. The first-order valence-corrected chi connectivity index (χ1v) is 23.0. The third-order valence-electron chi connectivity index (χ3n) is 13.5. The summed E-state index contributed by atoms with van der Waals surface area (Å²) in [7, 11) is 0. The number of para-hydroxylation sites is 1. The lowest BCUT2D eigenvalue weighted by Gasteiger charge is -2.12. The SMILES string of the molecule is Cc1cccc(-c2ccc3c(c2)c2cc(-c4cccc(C)c4)ccc2n3-c2ccc(-c3cc(C)cc(-c4ccc5c(c4)c4cc(-c6cccc(C)c6)ccc4n5-c4ccccc4)c3)cc2)c1. The van der Waals surface area contributed by atoms with E-state index in [1.54, 1.807) is 0 Å². The molecule has 12 rings (SSSR count). The molecule has 0 saturated carbocycles.